The van der Waals surface area contributed by atoms with E-state index < -0.39 is 0 Å². The maximum absolute atomic E-state index is 8.14. The van der Waals surface area contributed by atoms with Crippen molar-refractivity contribution in [1.82, 2.24) is 0 Å². The van der Waals surface area contributed by atoms with Gasteiger partial charge in [-0.1, -0.05) is 39.8 Å². The predicted octanol–water partition coefficient (Wildman–Crippen LogP) is 5.15. The zero-order valence-corrected chi connectivity index (χ0v) is 10.6. The zero-order chi connectivity index (χ0) is 11.9. The molecule has 0 unspecified atom stereocenters. The fraction of sp³-hybridized carbons (Fsp3) is 0.429. The van der Waals surface area contributed by atoms with Crippen molar-refractivity contribution < 1.29 is 1.37 Å². The average Bonchev–Trinajstić information content (AvgIpc) is 2.55. The normalized spacial score (nSPS) is 12.8. The molecule has 0 bridgehead atoms. The lowest BCUT2D eigenvalue weighted by Gasteiger charge is -2.03. The Kier molecular flexibility index (Phi) is 2.49. The monoisotopic (exact) mass is 219 g/mol. The molecule has 1 heterocycles. The maximum atomic E-state index is 8.14. The van der Waals surface area contributed by atoms with E-state index >= 15 is 0 Å². The molecule has 1 aromatic carbocycles. The van der Waals surface area contributed by atoms with E-state index in [9.17, 15) is 0 Å². The highest BCUT2D eigenvalue weighted by Crippen LogP contribution is 2.32. The summed E-state index contributed by atoms with van der Waals surface area (Å²) in [6.45, 7) is 8.73. The Morgan fingerprint density at radius 3 is 2.47 bits per heavy atom. The molecule has 80 valence electrons. The van der Waals surface area contributed by atoms with E-state index in [1.165, 1.54) is 15.1 Å². The van der Waals surface area contributed by atoms with E-state index in [2.05, 4.69) is 45.9 Å². The molecule has 0 saturated carbocycles. The number of thiophene rings is 1. The second-order valence-corrected chi connectivity index (χ2v) is 5.74. The molecule has 15 heavy (non-hydrogen) atoms. The standard InChI is InChI=1S/C14H18S/c1-9(2)11-5-6-12-8-13(10(3)4)15-14(12)7-11/h5-10H,1-4H3/i8D. The Bertz CT molecular complexity index is 509. The van der Waals surface area contributed by atoms with Crippen molar-refractivity contribution in [1.29, 1.82) is 0 Å². The lowest BCUT2D eigenvalue weighted by molar-refractivity contribution is 0.869. The number of rotatable bonds is 2. The Balaban J connectivity index is 2.63. The number of fused-ring (bicyclic) bond motifs is 1. The molecule has 1 heteroatoms. The summed E-state index contributed by atoms with van der Waals surface area (Å²) in [6.07, 6.45) is 0. The maximum Gasteiger partial charge on any atom is 0.0641 e. The van der Waals surface area contributed by atoms with Crippen molar-refractivity contribution in [2.24, 2.45) is 0 Å². The average molecular weight is 219 g/mol. The lowest BCUT2D eigenvalue weighted by Crippen LogP contribution is -1.84. The van der Waals surface area contributed by atoms with E-state index in [1.807, 2.05) is 0 Å². The van der Waals surface area contributed by atoms with Crippen molar-refractivity contribution in [2.45, 2.75) is 39.5 Å². The minimum absolute atomic E-state index is 0.451. The van der Waals surface area contributed by atoms with Gasteiger partial charge < -0.3 is 0 Å². The van der Waals surface area contributed by atoms with Gasteiger partial charge in [-0.25, -0.2) is 0 Å². The van der Waals surface area contributed by atoms with E-state index in [4.69, 9.17) is 1.37 Å². The molecule has 1 aromatic heterocycles. The van der Waals surface area contributed by atoms with Gasteiger partial charge in [0.15, 0.2) is 0 Å². The van der Waals surface area contributed by atoms with Gasteiger partial charge in [-0.2, -0.15) is 0 Å². The topological polar surface area (TPSA) is 0 Å². The molecule has 0 saturated heterocycles. The fourth-order valence-electron chi connectivity index (χ4n) is 1.62. The largest absolute Gasteiger partial charge is 0.140 e. The van der Waals surface area contributed by atoms with Gasteiger partial charge in [-0.15, -0.1) is 11.3 Å². The van der Waals surface area contributed by atoms with Gasteiger partial charge >= 0.3 is 0 Å². The van der Waals surface area contributed by atoms with Crippen molar-refractivity contribution >= 4 is 21.4 Å². The van der Waals surface area contributed by atoms with Gasteiger partial charge in [0.05, 0.1) is 1.37 Å². The summed E-state index contributed by atoms with van der Waals surface area (Å²) in [5.41, 5.74) is 1.36. The molecule has 2 rings (SSSR count). The summed E-state index contributed by atoms with van der Waals surface area (Å²) < 4.78 is 9.40. The molecule has 0 spiro atoms. The van der Waals surface area contributed by atoms with Crippen molar-refractivity contribution in [3.05, 3.63) is 34.7 Å². The molecule has 0 amide bonds. The SMILES string of the molecule is [2H]c1c(C(C)C)sc2cc(C(C)C)ccc12. The number of hydrogen-bond acceptors (Lipinski definition) is 1. The van der Waals surface area contributed by atoms with Crippen LogP contribution in [0.5, 0.6) is 0 Å². The van der Waals surface area contributed by atoms with Gasteiger partial charge in [0.1, 0.15) is 0 Å². The highest BCUT2D eigenvalue weighted by atomic mass is 32.1. The van der Waals surface area contributed by atoms with Gasteiger partial charge in [-0.3, -0.25) is 0 Å². The van der Waals surface area contributed by atoms with Crippen LogP contribution < -0.4 is 0 Å². The van der Waals surface area contributed by atoms with Crippen LogP contribution in [0.3, 0.4) is 0 Å². The summed E-state index contributed by atoms with van der Waals surface area (Å²) in [7, 11) is 0. The first-order chi connectivity index (χ1) is 7.50. The summed E-state index contributed by atoms with van der Waals surface area (Å²) in [4.78, 5) is 1.20. The smallest absolute Gasteiger partial charge is 0.0641 e. The van der Waals surface area contributed by atoms with E-state index in [1.54, 1.807) is 11.3 Å². The molecule has 0 aliphatic carbocycles. The van der Waals surface area contributed by atoms with E-state index in [0.29, 0.717) is 11.8 Å². The van der Waals surface area contributed by atoms with Gasteiger partial charge in [0, 0.05) is 9.58 Å². The lowest BCUT2D eigenvalue weighted by atomic mass is 10.0. The minimum atomic E-state index is 0.451. The van der Waals surface area contributed by atoms with Crippen LogP contribution in [0.15, 0.2) is 24.2 Å². The van der Waals surface area contributed by atoms with E-state index in [0.717, 1.165) is 11.4 Å². The summed E-state index contributed by atoms with van der Waals surface area (Å²) >= 11 is 1.78. The third kappa shape index (κ3) is 2.07. The van der Waals surface area contributed by atoms with E-state index in [-0.39, 0.29) is 0 Å². The first-order valence-electron chi connectivity index (χ1n) is 6.03. The highest BCUT2D eigenvalue weighted by molar-refractivity contribution is 7.19. The van der Waals surface area contributed by atoms with Crippen LogP contribution in [0.4, 0.5) is 0 Å². The minimum Gasteiger partial charge on any atom is -0.140 e. The first-order valence-corrected chi connectivity index (χ1v) is 6.35. The van der Waals surface area contributed by atoms with Crippen LogP contribution in [0.1, 0.15) is 51.3 Å². The predicted molar refractivity (Wildman–Crippen MR) is 70.0 cm³/mol. The Hall–Kier alpha value is -0.820. The van der Waals surface area contributed by atoms with Crippen molar-refractivity contribution in [3.8, 4) is 0 Å². The van der Waals surface area contributed by atoms with Crippen LogP contribution in [-0.4, -0.2) is 0 Å². The summed E-state index contributed by atoms with van der Waals surface area (Å²) in [6, 6.07) is 7.23. The molecular weight excluding hydrogens is 200 g/mol. The second kappa shape index (κ2) is 3.97. The van der Waals surface area contributed by atoms with Gasteiger partial charge in [-0.05, 0) is 34.9 Å². The van der Waals surface area contributed by atoms with Crippen molar-refractivity contribution in [3.63, 3.8) is 0 Å². The van der Waals surface area contributed by atoms with Crippen LogP contribution in [0.2, 0.25) is 0 Å². The third-order valence-electron chi connectivity index (χ3n) is 2.67. The molecule has 0 radical (unpaired) electrons. The number of benzene rings is 1. The van der Waals surface area contributed by atoms with Gasteiger partial charge in [0.25, 0.3) is 0 Å². The quantitative estimate of drug-likeness (QED) is 0.655. The third-order valence-corrected chi connectivity index (χ3v) is 4.03. The summed E-state index contributed by atoms with van der Waals surface area (Å²) in [5.74, 6) is 1.01. The van der Waals surface area contributed by atoms with Crippen LogP contribution >= 0.6 is 11.3 Å². The van der Waals surface area contributed by atoms with Gasteiger partial charge in [0.2, 0.25) is 0 Å². The second-order valence-electron chi connectivity index (χ2n) is 4.66. The zero-order valence-electron chi connectivity index (χ0n) is 10.8. The number of hydrogen-bond donors (Lipinski definition) is 0. The molecule has 0 atom stereocenters. The fourth-order valence-corrected chi connectivity index (χ4v) is 2.68. The van der Waals surface area contributed by atoms with Crippen molar-refractivity contribution in [2.75, 3.05) is 0 Å². The Morgan fingerprint density at radius 1 is 1.13 bits per heavy atom. The molecule has 0 nitrogen and oxygen atoms in total. The van der Waals surface area contributed by atoms with Crippen LogP contribution in [0.25, 0.3) is 10.1 Å². The Labute approximate surface area is 97.3 Å². The molecule has 2 aromatic rings. The Morgan fingerprint density at radius 2 is 1.87 bits per heavy atom. The molecule has 0 aliphatic heterocycles. The molecule has 0 fully saturated rings. The molecule has 0 N–H and O–H groups in total. The van der Waals surface area contributed by atoms with Crippen LogP contribution in [-0.2, 0) is 0 Å². The van der Waals surface area contributed by atoms with Crippen LogP contribution in [0, 0.1) is 0 Å². The highest BCUT2D eigenvalue weighted by Gasteiger charge is 2.06. The first kappa shape index (κ1) is 9.41. The summed E-state index contributed by atoms with van der Waals surface area (Å²) in [5, 5.41) is 1.11. The molecular formula is C14H18S. The molecule has 0 aliphatic rings.